The van der Waals surface area contributed by atoms with Gasteiger partial charge in [-0.15, -0.1) is 0 Å². The van der Waals surface area contributed by atoms with Crippen LogP contribution in [-0.2, 0) is 35.0 Å². The number of hydrogen-bond acceptors (Lipinski definition) is 9. The fraction of sp³-hybridized carbons (Fsp3) is 0.583. The zero-order chi connectivity index (χ0) is 37.7. The summed E-state index contributed by atoms with van der Waals surface area (Å²) in [6, 6.07) is 11.0. The summed E-state index contributed by atoms with van der Waals surface area (Å²) in [5.74, 6) is -1.58. The first-order chi connectivity index (χ1) is 23.1. The molecule has 14 heteroatoms. The van der Waals surface area contributed by atoms with Crippen molar-refractivity contribution in [2.45, 2.75) is 95.3 Å². The molecule has 50 heavy (non-hydrogen) atoms. The number of carbonyl (C=O) groups excluding carboxylic acids is 2. The van der Waals surface area contributed by atoms with E-state index in [-0.39, 0.29) is 37.5 Å². The van der Waals surface area contributed by atoms with E-state index in [0.29, 0.717) is 17.1 Å². The number of carboxylic acid groups (broad SMARTS) is 1. The van der Waals surface area contributed by atoms with Gasteiger partial charge in [-0.1, -0.05) is 51.1 Å². The number of nitrogens with one attached hydrogen (secondary N) is 1. The van der Waals surface area contributed by atoms with Crippen LogP contribution in [0.1, 0.15) is 59.9 Å². The van der Waals surface area contributed by atoms with Crippen molar-refractivity contribution in [3.8, 4) is 22.6 Å². The van der Waals surface area contributed by atoms with Crippen LogP contribution in [0.3, 0.4) is 0 Å². The van der Waals surface area contributed by atoms with Crippen molar-refractivity contribution in [3.63, 3.8) is 0 Å². The molecule has 2 aromatic rings. The number of ether oxygens (including phenoxy) is 3. The van der Waals surface area contributed by atoms with Gasteiger partial charge in [0.05, 0.1) is 32.1 Å². The van der Waals surface area contributed by atoms with E-state index < -0.39 is 64.8 Å². The Morgan fingerprint density at radius 1 is 0.980 bits per heavy atom. The Morgan fingerprint density at radius 3 is 2.06 bits per heavy atom. The van der Waals surface area contributed by atoms with E-state index in [1.54, 1.807) is 71.4 Å². The Balaban J connectivity index is 1.93. The highest BCUT2D eigenvalue weighted by Gasteiger charge is 2.54. The zero-order valence-corrected chi connectivity index (χ0v) is 32.9. The molecule has 1 unspecified atom stereocenters. The minimum atomic E-state index is -4.30. The molecule has 2 amide bonds. The molecule has 3 rings (SSSR count). The Hall–Kier alpha value is -3.62. The number of aliphatic carboxylic acids is 1. The smallest absolute Gasteiger partial charge is 0.410 e. The Morgan fingerprint density at radius 2 is 1.56 bits per heavy atom. The SMILES string of the molecule is COc1cccc(OC)c1-c1ccc(C[C@H](NC(=O)C2(S(=O)(=O)CCO[Si](C)(C)C(C)(C)C)CCCN(C(=O)OC(C)(C)C)C2)C(=O)O)cc1. The van der Waals surface area contributed by atoms with Gasteiger partial charge in [-0.05, 0) is 75.0 Å². The molecule has 0 saturated carbocycles. The van der Waals surface area contributed by atoms with Crippen LogP contribution in [0.2, 0.25) is 18.1 Å². The fourth-order valence-electron chi connectivity index (χ4n) is 5.57. The molecule has 12 nitrogen and oxygen atoms in total. The quantitative estimate of drug-likeness (QED) is 0.245. The van der Waals surface area contributed by atoms with Crippen LogP contribution < -0.4 is 14.8 Å². The van der Waals surface area contributed by atoms with E-state index in [1.807, 2.05) is 39.9 Å². The van der Waals surface area contributed by atoms with Gasteiger partial charge in [0.15, 0.2) is 22.9 Å². The van der Waals surface area contributed by atoms with E-state index in [9.17, 15) is 27.9 Å². The molecule has 1 aliphatic heterocycles. The lowest BCUT2D eigenvalue weighted by Gasteiger charge is -2.42. The highest BCUT2D eigenvalue weighted by molar-refractivity contribution is 7.93. The van der Waals surface area contributed by atoms with E-state index in [1.165, 1.54) is 4.90 Å². The summed E-state index contributed by atoms with van der Waals surface area (Å²) in [6.45, 7) is 14.8. The van der Waals surface area contributed by atoms with Gasteiger partial charge in [-0.3, -0.25) is 4.79 Å². The molecule has 1 fully saturated rings. The Labute approximate surface area is 297 Å². The van der Waals surface area contributed by atoms with E-state index >= 15 is 0 Å². The lowest BCUT2D eigenvalue weighted by molar-refractivity contribution is -0.142. The van der Waals surface area contributed by atoms with Crippen molar-refractivity contribution < 1.29 is 46.5 Å². The third-order valence-electron chi connectivity index (χ3n) is 9.45. The highest BCUT2D eigenvalue weighted by atomic mass is 32.2. The molecular formula is C36H54N2O10SSi. The van der Waals surface area contributed by atoms with Crippen LogP contribution in [0.25, 0.3) is 11.1 Å². The van der Waals surface area contributed by atoms with Gasteiger partial charge in [0.1, 0.15) is 23.1 Å². The van der Waals surface area contributed by atoms with Gasteiger partial charge < -0.3 is 34.0 Å². The first-order valence-corrected chi connectivity index (χ1v) is 21.3. The predicted molar refractivity (Wildman–Crippen MR) is 195 cm³/mol. The topological polar surface area (TPSA) is 158 Å². The van der Waals surface area contributed by atoms with E-state index in [0.717, 1.165) is 11.1 Å². The fourth-order valence-corrected chi connectivity index (χ4v) is 8.61. The number of piperidine rings is 1. The summed E-state index contributed by atoms with van der Waals surface area (Å²) in [5, 5.41) is 12.6. The maximum Gasteiger partial charge on any atom is 0.410 e. The van der Waals surface area contributed by atoms with Crippen molar-refractivity contribution in [2.75, 3.05) is 39.7 Å². The molecule has 278 valence electrons. The highest BCUT2D eigenvalue weighted by Crippen LogP contribution is 2.39. The number of methoxy groups -OCH3 is 2. The minimum absolute atomic E-state index is 0.0949. The predicted octanol–water partition coefficient (Wildman–Crippen LogP) is 5.69. The molecule has 2 N–H and O–H groups in total. The largest absolute Gasteiger partial charge is 0.496 e. The molecule has 0 spiro atoms. The number of rotatable bonds is 13. The van der Waals surface area contributed by atoms with Crippen LogP contribution in [0.4, 0.5) is 4.79 Å². The number of benzene rings is 2. The Kier molecular flexibility index (Phi) is 12.8. The van der Waals surface area contributed by atoms with Gasteiger partial charge in [0, 0.05) is 19.6 Å². The number of nitrogens with zero attached hydrogens (tertiary/aromatic N) is 1. The number of hydrogen-bond donors (Lipinski definition) is 2. The van der Waals surface area contributed by atoms with Gasteiger partial charge in [-0.2, -0.15) is 0 Å². The van der Waals surface area contributed by atoms with E-state index in [2.05, 4.69) is 5.32 Å². The molecule has 0 radical (unpaired) electrons. The third-order valence-corrected chi connectivity index (χ3v) is 16.4. The summed E-state index contributed by atoms with van der Waals surface area (Å²) >= 11 is 0. The van der Waals surface area contributed by atoms with Gasteiger partial charge in [-0.25, -0.2) is 18.0 Å². The number of carbonyl (C=O) groups is 3. The summed E-state index contributed by atoms with van der Waals surface area (Å²) in [4.78, 5) is 41.1. The Bertz CT molecular complexity index is 1610. The van der Waals surface area contributed by atoms with Crippen LogP contribution in [-0.4, -0.2) is 101 Å². The lowest BCUT2D eigenvalue weighted by atomic mass is 9.95. The van der Waals surface area contributed by atoms with Crippen molar-refractivity contribution in [2.24, 2.45) is 0 Å². The van der Waals surface area contributed by atoms with Crippen LogP contribution in [0.15, 0.2) is 42.5 Å². The molecule has 2 atom stereocenters. The average Bonchev–Trinajstić information content (AvgIpc) is 3.02. The van der Waals surface area contributed by atoms with Gasteiger partial charge in [0.25, 0.3) is 0 Å². The first kappa shape index (κ1) is 40.8. The summed E-state index contributed by atoms with van der Waals surface area (Å²) in [6.07, 6.45) is -0.767. The number of amides is 2. The van der Waals surface area contributed by atoms with Crippen molar-refractivity contribution >= 4 is 36.1 Å². The van der Waals surface area contributed by atoms with Crippen LogP contribution in [0, 0.1) is 0 Å². The molecule has 0 aliphatic carbocycles. The normalized spacial score (nSPS) is 17.8. The lowest BCUT2D eigenvalue weighted by Crippen LogP contribution is -2.65. The zero-order valence-electron chi connectivity index (χ0n) is 31.0. The first-order valence-electron chi connectivity index (χ1n) is 16.8. The molecule has 1 aliphatic rings. The molecular weight excluding hydrogens is 681 g/mol. The number of carboxylic acids is 1. The van der Waals surface area contributed by atoms with Crippen LogP contribution in [0.5, 0.6) is 11.5 Å². The number of likely N-dealkylation sites (tertiary alicyclic amines) is 1. The monoisotopic (exact) mass is 734 g/mol. The molecule has 0 bridgehead atoms. The molecule has 1 heterocycles. The number of sulfone groups is 1. The van der Waals surface area contributed by atoms with Gasteiger partial charge >= 0.3 is 12.1 Å². The van der Waals surface area contributed by atoms with Crippen molar-refractivity contribution in [1.29, 1.82) is 0 Å². The van der Waals surface area contributed by atoms with Crippen molar-refractivity contribution in [3.05, 3.63) is 48.0 Å². The molecule has 0 aromatic heterocycles. The maximum absolute atomic E-state index is 14.3. The third kappa shape index (κ3) is 9.58. The standard InChI is InChI=1S/C36H54N2O10SSi/c1-34(2,3)48-33(42)38-20-12-19-36(24-38,49(43,44)22-21-47-50(9,10)35(4,5)6)32(41)37-27(31(39)40)23-25-15-17-26(18-16-25)30-28(45-7)13-11-14-29(30)46-8/h11,13-18,27H,12,19-24H2,1-10H3,(H,37,41)(H,39,40)/t27-,36?/m0/s1. The average molecular weight is 735 g/mol. The second-order valence-electron chi connectivity index (χ2n) is 15.2. The summed E-state index contributed by atoms with van der Waals surface area (Å²) in [5.41, 5.74) is 1.24. The van der Waals surface area contributed by atoms with Crippen molar-refractivity contribution in [1.82, 2.24) is 10.2 Å². The minimum Gasteiger partial charge on any atom is -0.496 e. The second-order valence-corrected chi connectivity index (χ2v) is 22.5. The van der Waals surface area contributed by atoms with E-state index in [4.69, 9.17) is 18.6 Å². The molecule has 2 aromatic carbocycles. The van der Waals surface area contributed by atoms with Gasteiger partial charge in [0.2, 0.25) is 5.91 Å². The van der Waals surface area contributed by atoms with Crippen LogP contribution >= 0.6 is 0 Å². The second kappa shape index (κ2) is 15.7. The molecule has 1 saturated heterocycles. The maximum atomic E-state index is 14.3. The summed E-state index contributed by atoms with van der Waals surface area (Å²) < 4.78 is 49.1. The summed E-state index contributed by atoms with van der Waals surface area (Å²) in [7, 11) is -3.51.